The minimum absolute atomic E-state index is 0.302. The molecule has 0 heterocycles. The molecule has 0 aliphatic rings. The number of benzene rings is 1. The molecule has 0 radical (unpaired) electrons. The quantitative estimate of drug-likeness (QED) is 0.749. The lowest BCUT2D eigenvalue weighted by atomic mass is 9.87. The van der Waals surface area contributed by atoms with Crippen molar-refractivity contribution in [1.29, 1.82) is 0 Å². The molecule has 1 unspecified atom stereocenters. The van der Waals surface area contributed by atoms with Gasteiger partial charge in [-0.05, 0) is 43.7 Å². The highest BCUT2D eigenvalue weighted by molar-refractivity contribution is 5.31. The van der Waals surface area contributed by atoms with Gasteiger partial charge in [-0.15, -0.1) is 0 Å². The minimum Gasteiger partial charge on any atom is -0.381 e. The fourth-order valence-electron chi connectivity index (χ4n) is 2.05. The van der Waals surface area contributed by atoms with Gasteiger partial charge in [0.15, 0.2) is 0 Å². The Labute approximate surface area is 112 Å². The zero-order valence-electron chi connectivity index (χ0n) is 12.2. The Balaban J connectivity index is 2.43. The van der Waals surface area contributed by atoms with Gasteiger partial charge < -0.3 is 10.5 Å². The van der Waals surface area contributed by atoms with E-state index in [9.17, 15) is 0 Å². The van der Waals surface area contributed by atoms with Crippen molar-refractivity contribution in [3.05, 3.63) is 35.4 Å². The summed E-state index contributed by atoms with van der Waals surface area (Å²) in [6, 6.07) is 8.32. The Hall–Kier alpha value is -0.860. The number of nitrogens with two attached hydrogens (primary N) is 1. The molecule has 0 amide bonds. The van der Waals surface area contributed by atoms with Crippen LogP contribution >= 0.6 is 0 Å². The van der Waals surface area contributed by atoms with Gasteiger partial charge in [0.2, 0.25) is 0 Å². The number of hydrogen-bond donors (Lipinski definition) is 1. The summed E-state index contributed by atoms with van der Waals surface area (Å²) in [6.07, 6.45) is 1.97. The fourth-order valence-corrected chi connectivity index (χ4v) is 2.05. The van der Waals surface area contributed by atoms with Crippen molar-refractivity contribution in [2.45, 2.75) is 46.1 Å². The minimum atomic E-state index is -0.302. The molecule has 0 aliphatic heterocycles. The van der Waals surface area contributed by atoms with Crippen LogP contribution in [0.15, 0.2) is 24.3 Å². The molecule has 18 heavy (non-hydrogen) atoms. The van der Waals surface area contributed by atoms with E-state index in [2.05, 4.69) is 39.8 Å². The topological polar surface area (TPSA) is 35.2 Å². The molecule has 0 fully saturated rings. The molecule has 102 valence electrons. The van der Waals surface area contributed by atoms with Crippen LogP contribution in [0.25, 0.3) is 0 Å². The molecule has 0 spiro atoms. The summed E-state index contributed by atoms with van der Waals surface area (Å²) in [4.78, 5) is 0. The molecular weight excluding hydrogens is 222 g/mol. The molecule has 0 aliphatic carbocycles. The average Bonchev–Trinajstić information content (AvgIpc) is 2.28. The van der Waals surface area contributed by atoms with Crippen LogP contribution in [-0.4, -0.2) is 13.2 Å². The first kappa shape index (κ1) is 15.2. The van der Waals surface area contributed by atoms with E-state index < -0.39 is 0 Å². The van der Waals surface area contributed by atoms with Gasteiger partial charge in [-0.1, -0.05) is 38.1 Å². The average molecular weight is 249 g/mol. The second-order valence-electron chi connectivity index (χ2n) is 5.78. The van der Waals surface area contributed by atoms with E-state index in [0.717, 1.165) is 26.1 Å². The fraction of sp³-hybridized carbons (Fsp3) is 0.625. The molecule has 2 heteroatoms. The van der Waals surface area contributed by atoms with Crippen LogP contribution in [0.2, 0.25) is 0 Å². The van der Waals surface area contributed by atoms with Crippen molar-refractivity contribution in [3.63, 3.8) is 0 Å². The smallest absolute Gasteiger partial charge is 0.0486 e. The molecule has 0 aromatic heterocycles. The van der Waals surface area contributed by atoms with Gasteiger partial charge in [0.25, 0.3) is 0 Å². The van der Waals surface area contributed by atoms with Gasteiger partial charge in [0.05, 0.1) is 0 Å². The Morgan fingerprint density at radius 3 is 2.50 bits per heavy atom. The van der Waals surface area contributed by atoms with E-state index in [4.69, 9.17) is 10.5 Å². The molecule has 2 N–H and O–H groups in total. The lowest BCUT2D eigenvalue weighted by Crippen LogP contribution is -2.35. The molecule has 0 bridgehead atoms. The van der Waals surface area contributed by atoms with Crippen molar-refractivity contribution in [1.82, 2.24) is 0 Å². The van der Waals surface area contributed by atoms with E-state index in [1.54, 1.807) is 0 Å². The molecule has 1 atom stereocenters. The summed E-state index contributed by atoms with van der Waals surface area (Å²) in [5.41, 5.74) is 8.57. The van der Waals surface area contributed by atoms with Gasteiger partial charge >= 0.3 is 0 Å². The van der Waals surface area contributed by atoms with Crippen LogP contribution in [0.4, 0.5) is 0 Å². The lowest BCUT2D eigenvalue weighted by Gasteiger charge is -2.27. The van der Waals surface area contributed by atoms with Gasteiger partial charge in [0, 0.05) is 18.8 Å². The summed E-state index contributed by atoms with van der Waals surface area (Å²) >= 11 is 0. The third-order valence-corrected chi connectivity index (χ3v) is 3.37. The zero-order chi connectivity index (χ0) is 13.6. The standard InChI is InChI=1S/C16H27NO/c1-13(2)9-11-18-12-10-16(4,17)15-8-6-5-7-14(15)3/h5-8,13H,9-12,17H2,1-4H3. The molecule has 0 saturated heterocycles. The van der Waals surface area contributed by atoms with Gasteiger partial charge in [-0.3, -0.25) is 0 Å². The number of aryl methyl sites for hydroxylation is 1. The Morgan fingerprint density at radius 1 is 1.22 bits per heavy atom. The van der Waals surface area contributed by atoms with Crippen molar-refractivity contribution < 1.29 is 4.74 Å². The normalized spacial score (nSPS) is 14.8. The zero-order valence-corrected chi connectivity index (χ0v) is 12.2. The number of hydrogen-bond acceptors (Lipinski definition) is 2. The maximum atomic E-state index is 6.40. The third kappa shape index (κ3) is 4.79. The van der Waals surface area contributed by atoms with Crippen LogP contribution < -0.4 is 5.73 Å². The monoisotopic (exact) mass is 249 g/mol. The summed E-state index contributed by atoms with van der Waals surface area (Å²) in [5, 5.41) is 0. The first-order valence-electron chi connectivity index (χ1n) is 6.86. The summed E-state index contributed by atoms with van der Waals surface area (Å²) in [5.74, 6) is 0.700. The van der Waals surface area contributed by atoms with Gasteiger partial charge in [-0.25, -0.2) is 0 Å². The Bertz CT molecular complexity index is 358. The molecule has 2 nitrogen and oxygen atoms in total. The van der Waals surface area contributed by atoms with Crippen molar-refractivity contribution in [3.8, 4) is 0 Å². The molecule has 1 aromatic carbocycles. The highest BCUT2D eigenvalue weighted by Gasteiger charge is 2.22. The van der Waals surface area contributed by atoms with E-state index in [1.165, 1.54) is 11.1 Å². The predicted octanol–water partition coefficient (Wildman–Crippen LogP) is 3.62. The van der Waals surface area contributed by atoms with E-state index in [-0.39, 0.29) is 5.54 Å². The largest absolute Gasteiger partial charge is 0.381 e. The van der Waals surface area contributed by atoms with E-state index in [0.29, 0.717) is 5.92 Å². The second-order valence-corrected chi connectivity index (χ2v) is 5.78. The highest BCUT2D eigenvalue weighted by Crippen LogP contribution is 2.24. The summed E-state index contributed by atoms with van der Waals surface area (Å²) < 4.78 is 5.66. The maximum absolute atomic E-state index is 6.40. The molecule has 0 saturated carbocycles. The SMILES string of the molecule is Cc1ccccc1C(C)(N)CCOCCC(C)C. The first-order chi connectivity index (χ1) is 8.43. The van der Waals surface area contributed by atoms with Crippen LogP contribution in [0.1, 0.15) is 44.7 Å². The van der Waals surface area contributed by atoms with E-state index >= 15 is 0 Å². The van der Waals surface area contributed by atoms with Crippen LogP contribution in [-0.2, 0) is 10.3 Å². The third-order valence-electron chi connectivity index (χ3n) is 3.37. The van der Waals surface area contributed by atoms with Crippen molar-refractivity contribution in [2.24, 2.45) is 11.7 Å². The summed E-state index contributed by atoms with van der Waals surface area (Å²) in [7, 11) is 0. The predicted molar refractivity (Wildman–Crippen MR) is 77.6 cm³/mol. The number of ether oxygens (including phenoxy) is 1. The van der Waals surface area contributed by atoms with Crippen molar-refractivity contribution in [2.75, 3.05) is 13.2 Å². The summed E-state index contributed by atoms with van der Waals surface area (Å²) in [6.45, 7) is 10.2. The van der Waals surface area contributed by atoms with Crippen LogP contribution in [0.5, 0.6) is 0 Å². The number of rotatable bonds is 7. The van der Waals surface area contributed by atoms with Crippen LogP contribution in [0.3, 0.4) is 0 Å². The molecule has 1 rings (SSSR count). The second kappa shape index (κ2) is 6.91. The van der Waals surface area contributed by atoms with Gasteiger partial charge in [0.1, 0.15) is 0 Å². The maximum Gasteiger partial charge on any atom is 0.0486 e. The van der Waals surface area contributed by atoms with Crippen molar-refractivity contribution >= 4 is 0 Å². The Kier molecular flexibility index (Phi) is 5.83. The van der Waals surface area contributed by atoms with Gasteiger partial charge in [-0.2, -0.15) is 0 Å². The molecule has 1 aromatic rings. The highest BCUT2D eigenvalue weighted by atomic mass is 16.5. The molecular formula is C16H27NO. The first-order valence-corrected chi connectivity index (χ1v) is 6.86. The Morgan fingerprint density at radius 2 is 1.89 bits per heavy atom. The van der Waals surface area contributed by atoms with Crippen LogP contribution in [0, 0.1) is 12.8 Å². The van der Waals surface area contributed by atoms with E-state index in [1.807, 2.05) is 12.1 Å². The lowest BCUT2D eigenvalue weighted by molar-refractivity contribution is 0.107.